The molecule has 4 N–H and O–H groups in total. The maximum atomic E-state index is 11.8. The fraction of sp³-hybridized carbons (Fsp3) is 0.538. The van der Waals surface area contributed by atoms with Crippen LogP contribution < -0.4 is 15.9 Å². The molecule has 1 aromatic rings. The van der Waals surface area contributed by atoms with Crippen LogP contribution in [-0.2, 0) is 6.54 Å². The average Bonchev–Trinajstić information content (AvgIpc) is 2.41. The Hall–Kier alpha value is -1.86. The van der Waals surface area contributed by atoms with E-state index in [1.807, 2.05) is 6.92 Å². The van der Waals surface area contributed by atoms with Crippen molar-refractivity contribution >= 4 is 5.91 Å². The first-order chi connectivity index (χ1) is 9.51. The molecule has 0 bridgehead atoms. The second-order valence-corrected chi connectivity index (χ2v) is 4.41. The van der Waals surface area contributed by atoms with Gasteiger partial charge in [-0.1, -0.05) is 13.3 Å². The molecule has 0 radical (unpaired) electrons. The molecule has 1 unspecified atom stereocenters. The summed E-state index contributed by atoms with van der Waals surface area (Å²) in [6.45, 7) is 1.76. The van der Waals surface area contributed by atoms with Crippen molar-refractivity contribution in [1.29, 1.82) is 0 Å². The molecule has 0 aromatic carbocycles. The fourth-order valence-corrected chi connectivity index (χ4v) is 1.70. The number of carbonyl (C=O) groups is 1. The first-order valence-corrected chi connectivity index (χ1v) is 6.46. The predicted molar refractivity (Wildman–Crippen MR) is 72.7 cm³/mol. The van der Waals surface area contributed by atoms with Gasteiger partial charge in [-0.2, -0.15) is 0 Å². The topological polar surface area (TPSA) is 115 Å². The largest absolute Gasteiger partial charge is 0.487 e. The van der Waals surface area contributed by atoms with Crippen molar-refractivity contribution < 1.29 is 19.7 Å². The van der Waals surface area contributed by atoms with Gasteiger partial charge in [0.25, 0.3) is 5.91 Å². The second kappa shape index (κ2) is 7.66. The molecule has 20 heavy (non-hydrogen) atoms. The molecule has 0 aliphatic rings. The van der Waals surface area contributed by atoms with Gasteiger partial charge in [0.15, 0.2) is 11.4 Å². The van der Waals surface area contributed by atoms with Crippen molar-refractivity contribution in [3.63, 3.8) is 0 Å². The minimum Gasteiger partial charge on any atom is -0.487 e. The van der Waals surface area contributed by atoms with Crippen LogP contribution in [0.15, 0.2) is 17.1 Å². The SMILES string of the molecule is CCCCOc1c(C(N)=O)n(CC(O)CO)ccc1=O. The van der Waals surface area contributed by atoms with Crippen LogP contribution in [0, 0.1) is 0 Å². The predicted octanol–water partition coefficient (Wildman–Crippen LogP) is -0.521. The Morgan fingerprint density at radius 3 is 2.80 bits per heavy atom. The van der Waals surface area contributed by atoms with Crippen LogP contribution in [-0.4, -0.2) is 40.0 Å². The maximum Gasteiger partial charge on any atom is 0.269 e. The van der Waals surface area contributed by atoms with Crippen molar-refractivity contribution in [2.75, 3.05) is 13.2 Å². The van der Waals surface area contributed by atoms with E-state index >= 15 is 0 Å². The Kier molecular flexibility index (Phi) is 6.20. The molecule has 7 heteroatoms. The van der Waals surface area contributed by atoms with E-state index in [1.165, 1.54) is 16.8 Å². The number of nitrogens with zero attached hydrogens (tertiary/aromatic N) is 1. The molecule has 0 aliphatic heterocycles. The summed E-state index contributed by atoms with van der Waals surface area (Å²) in [4.78, 5) is 23.3. The third-order valence-corrected chi connectivity index (χ3v) is 2.73. The van der Waals surface area contributed by atoms with Gasteiger partial charge in [-0.15, -0.1) is 0 Å². The summed E-state index contributed by atoms with van der Waals surface area (Å²) >= 11 is 0. The smallest absolute Gasteiger partial charge is 0.269 e. The van der Waals surface area contributed by atoms with E-state index < -0.39 is 24.0 Å². The number of hydrogen-bond donors (Lipinski definition) is 3. The molecule has 1 atom stereocenters. The molecule has 112 valence electrons. The molecule has 7 nitrogen and oxygen atoms in total. The molecular weight excluding hydrogens is 264 g/mol. The van der Waals surface area contributed by atoms with Crippen LogP contribution in [0.1, 0.15) is 30.3 Å². The summed E-state index contributed by atoms with van der Waals surface area (Å²) in [6, 6.07) is 1.23. The molecule has 1 amide bonds. The summed E-state index contributed by atoms with van der Waals surface area (Å²) in [7, 11) is 0. The van der Waals surface area contributed by atoms with Crippen LogP contribution >= 0.6 is 0 Å². The highest BCUT2D eigenvalue weighted by Crippen LogP contribution is 2.14. The number of aliphatic hydroxyl groups excluding tert-OH is 2. The molecule has 1 rings (SSSR count). The molecule has 0 saturated carbocycles. The number of pyridine rings is 1. The third-order valence-electron chi connectivity index (χ3n) is 2.73. The number of unbranched alkanes of at least 4 members (excludes halogenated alkanes) is 1. The number of hydrogen-bond acceptors (Lipinski definition) is 5. The van der Waals surface area contributed by atoms with E-state index in [2.05, 4.69) is 0 Å². The summed E-state index contributed by atoms with van der Waals surface area (Å²) in [5, 5.41) is 18.3. The lowest BCUT2D eigenvalue weighted by atomic mass is 10.2. The minimum atomic E-state index is -1.06. The molecular formula is C13H20N2O5. The molecule has 0 saturated heterocycles. The Morgan fingerprint density at radius 2 is 2.25 bits per heavy atom. The number of aromatic nitrogens is 1. The van der Waals surface area contributed by atoms with Gasteiger partial charge < -0.3 is 25.3 Å². The summed E-state index contributed by atoms with van der Waals surface area (Å²) in [5.74, 6) is -0.932. The highest BCUT2D eigenvalue weighted by molar-refractivity contribution is 5.93. The van der Waals surface area contributed by atoms with Crippen LogP contribution in [0.4, 0.5) is 0 Å². The average molecular weight is 284 g/mol. The minimum absolute atomic E-state index is 0.0564. The van der Waals surface area contributed by atoms with Crippen molar-refractivity contribution in [2.24, 2.45) is 5.73 Å². The van der Waals surface area contributed by atoms with Crippen LogP contribution in [0.25, 0.3) is 0 Å². The zero-order valence-corrected chi connectivity index (χ0v) is 11.4. The Labute approximate surface area is 116 Å². The van der Waals surface area contributed by atoms with E-state index in [-0.39, 0.29) is 18.0 Å². The van der Waals surface area contributed by atoms with Gasteiger partial charge in [0.05, 0.1) is 25.9 Å². The van der Waals surface area contributed by atoms with E-state index in [9.17, 15) is 14.7 Å². The fourth-order valence-electron chi connectivity index (χ4n) is 1.70. The van der Waals surface area contributed by atoms with Gasteiger partial charge in [0.1, 0.15) is 0 Å². The van der Waals surface area contributed by atoms with Gasteiger partial charge in [-0.05, 0) is 6.42 Å². The number of aliphatic hydroxyl groups is 2. The number of rotatable bonds is 8. The highest BCUT2D eigenvalue weighted by Gasteiger charge is 2.19. The molecule has 0 fully saturated rings. The lowest BCUT2D eigenvalue weighted by molar-refractivity contribution is 0.0786. The summed E-state index contributed by atoms with van der Waals surface area (Å²) < 4.78 is 6.66. The van der Waals surface area contributed by atoms with Crippen molar-refractivity contribution in [2.45, 2.75) is 32.4 Å². The summed E-state index contributed by atoms with van der Waals surface area (Å²) in [6.07, 6.45) is 1.91. The standard InChI is InChI=1S/C13H20N2O5/c1-2-3-6-20-12-10(18)4-5-15(7-9(17)8-16)11(12)13(14)19/h4-5,9,16-17H,2-3,6-8H2,1H3,(H2,14,19). The Morgan fingerprint density at radius 1 is 1.55 bits per heavy atom. The number of ether oxygens (including phenoxy) is 1. The number of primary amides is 1. The van der Waals surface area contributed by atoms with Crippen molar-refractivity contribution in [1.82, 2.24) is 4.57 Å². The van der Waals surface area contributed by atoms with E-state index in [0.29, 0.717) is 6.61 Å². The van der Waals surface area contributed by atoms with E-state index in [1.54, 1.807) is 0 Å². The molecule has 0 aliphatic carbocycles. The number of carbonyl (C=O) groups excluding carboxylic acids is 1. The van der Waals surface area contributed by atoms with Crippen LogP contribution in [0.5, 0.6) is 5.75 Å². The maximum absolute atomic E-state index is 11.8. The first kappa shape index (κ1) is 16.2. The lowest BCUT2D eigenvalue weighted by Gasteiger charge is -2.17. The van der Waals surface area contributed by atoms with Gasteiger partial charge >= 0.3 is 0 Å². The Balaban J connectivity index is 3.16. The zero-order chi connectivity index (χ0) is 15.1. The van der Waals surface area contributed by atoms with Gasteiger partial charge in [0.2, 0.25) is 5.43 Å². The highest BCUT2D eigenvalue weighted by atomic mass is 16.5. The molecule has 0 spiro atoms. The van der Waals surface area contributed by atoms with Crippen LogP contribution in [0.2, 0.25) is 0 Å². The number of nitrogens with two attached hydrogens (primary N) is 1. The van der Waals surface area contributed by atoms with Crippen molar-refractivity contribution in [3.05, 3.63) is 28.2 Å². The third kappa shape index (κ3) is 4.07. The van der Waals surface area contributed by atoms with Gasteiger partial charge in [-0.25, -0.2) is 0 Å². The molecule has 1 heterocycles. The molecule has 1 aromatic heterocycles. The summed E-state index contributed by atoms with van der Waals surface area (Å²) in [5.41, 5.74) is 4.75. The normalized spacial score (nSPS) is 12.2. The first-order valence-electron chi connectivity index (χ1n) is 6.46. The van der Waals surface area contributed by atoms with Crippen molar-refractivity contribution in [3.8, 4) is 5.75 Å². The zero-order valence-electron chi connectivity index (χ0n) is 11.4. The van der Waals surface area contributed by atoms with Gasteiger partial charge in [-0.3, -0.25) is 9.59 Å². The lowest BCUT2D eigenvalue weighted by Crippen LogP contribution is -2.29. The van der Waals surface area contributed by atoms with E-state index in [4.69, 9.17) is 15.6 Å². The van der Waals surface area contributed by atoms with Gasteiger partial charge in [0, 0.05) is 12.3 Å². The van der Waals surface area contributed by atoms with E-state index in [0.717, 1.165) is 12.8 Å². The number of amides is 1. The van der Waals surface area contributed by atoms with Crippen LogP contribution in [0.3, 0.4) is 0 Å². The Bertz CT molecular complexity index is 512. The monoisotopic (exact) mass is 284 g/mol. The second-order valence-electron chi connectivity index (χ2n) is 4.41. The quantitative estimate of drug-likeness (QED) is 0.556.